The van der Waals surface area contributed by atoms with Crippen LogP contribution in [0, 0.1) is 0 Å². The second kappa shape index (κ2) is 6.02. The van der Waals surface area contributed by atoms with E-state index in [1.165, 1.54) is 4.31 Å². The fourth-order valence-electron chi connectivity index (χ4n) is 3.82. The predicted octanol–water partition coefficient (Wildman–Crippen LogP) is 2.48. The summed E-state index contributed by atoms with van der Waals surface area (Å²) in [7, 11) is -4.02. The van der Waals surface area contributed by atoms with E-state index in [2.05, 4.69) is 4.98 Å². The summed E-state index contributed by atoms with van der Waals surface area (Å²) in [6.45, 7) is 1.95. The van der Waals surface area contributed by atoms with Crippen LogP contribution in [0.3, 0.4) is 0 Å². The molecule has 10 heteroatoms. The zero-order chi connectivity index (χ0) is 20.3. The lowest BCUT2D eigenvalue weighted by atomic mass is 9.95. The maximum Gasteiger partial charge on any atom is 0.416 e. The highest BCUT2D eigenvalue weighted by molar-refractivity contribution is 7.89. The molecule has 2 aliphatic rings. The molecular formula is C18H16F3N3O3S. The molecule has 3 heterocycles. The van der Waals surface area contributed by atoms with E-state index in [4.69, 9.17) is 0 Å². The third-order valence-electron chi connectivity index (χ3n) is 5.27. The molecule has 0 spiro atoms. The Balaban J connectivity index is 1.67. The van der Waals surface area contributed by atoms with Crippen LogP contribution in [-0.4, -0.2) is 48.1 Å². The summed E-state index contributed by atoms with van der Waals surface area (Å²) >= 11 is 0. The van der Waals surface area contributed by atoms with Crippen molar-refractivity contribution in [2.75, 3.05) is 19.6 Å². The first kappa shape index (κ1) is 18.9. The van der Waals surface area contributed by atoms with Crippen molar-refractivity contribution in [3.05, 3.63) is 59.4 Å². The van der Waals surface area contributed by atoms with Crippen LogP contribution in [0.5, 0.6) is 0 Å². The van der Waals surface area contributed by atoms with Crippen molar-refractivity contribution in [1.29, 1.82) is 0 Å². The van der Waals surface area contributed by atoms with Gasteiger partial charge in [-0.2, -0.15) is 17.5 Å². The van der Waals surface area contributed by atoms with Gasteiger partial charge < -0.3 is 4.90 Å². The Morgan fingerprint density at radius 2 is 1.79 bits per heavy atom. The number of benzene rings is 1. The Bertz CT molecular complexity index is 1050. The third-order valence-corrected chi connectivity index (χ3v) is 7.13. The molecule has 28 heavy (non-hydrogen) atoms. The van der Waals surface area contributed by atoms with Gasteiger partial charge >= 0.3 is 6.18 Å². The molecule has 2 aromatic rings. The average molecular weight is 411 g/mol. The van der Waals surface area contributed by atoms with Crippen molar-refractivity contribution in [3.63, 3.8) is 0 Å². The van der Waals surface area contributed by atoms with E-state index in [0.29, 0.717) is 11.3 Å². The summed E-state index contributed by atoms with van der Waals surface area (Å²) in [5.74, 6) is -0.197. The second-order valence-electron chi connectivity index (χ2n) is 6.99. The molecule has 1 fully saturated rings. The van der Waals surface area contributed by atoms with Crippen molar-refractivity contribution in [3.8, 4) is 0 Å². The molecule has 0 bridgehead atoms. The fraction of sp³-hybridized carbons (Fsp3) is 0.333. The molecule has 1 saturated heterocycles. The van der Waals surface area contributed by atoms with Crippen molar-refractivity contribution < 1.29 is 26.4 Å². The van der Waals surface area contributed by atoms with Crippen LogP contribution in [0.1, 0.15) is 28.5 Å². The lowest BCUT2D eigenvalue weighted by Crippen LogP contribution is -2.58. The zero-order valence-electron chi connectivity index (χ0n) is 14.8. The number of amides is 1. The van der Waals surface area contributed by atoms with Crippen LogP contribution in [-0.2, 0) is 21.7 Å². The van der Waals surface area contributed by atoms with E-state index in [9.17, 15) is 26.4 Å². The minimum absolute atomic E-state index is 0.0217. The van der Waals surface area contributed by atoms with Crippen molar-refractivity contribution in [2.24, 2.45) is 0 Å². The Morgan fingerprint density at radius 3 is 2.43 bits per heavy atom. The summed E-state index contributed by atoms with van der Waals surface area (Å²) in [5, 5.41) is 0. The van der Waals surface area contributed by atoms with Gasteiger partial charge in [-0.15, -0.1) is 0 Å². The van der Waals surface area contributed by atoms with Crippen LogP contribution in [0.25, 0.3) is 0 Å². The van der Waals surface area contributed by atoms with E-state index < -0.39 is 27.3 Å². The van der Waals surface area contributed by atoms with Gasteiger partial charge in [0.25, 0.3) is 5.91 Å². The Labute approximate surface area is 159 Å². The number of hydrogen-bond donors (Lipinski definition) is 0. The maximum absolute atomic E-state index is 13.0. The molecule has 1 aromatic carbocycles. The van der Waals surface area contributed by atoms with Gasteiger partial charge in [-0.3, -0.25) is 9.78 Å². The van der Waals surface area contributed by atoms with Gasteiger partial charge in [0.15, 0.2) is 0 Å². The minimum Gasteiger partial charge on any atom is -0.325 e. The molecule has 0 saturated carbocycles. The highest BCUT2D eigenvalue weighted by Crippen LogP contribution is 2.41. The summed E-state index contributed by atoms with van der Waals surface area (Å²) in [5.41, 5.74) is -0.890. The molecule has 4 rings (SSSR count). The van der Waals surface area contributed by atoms with Crippen molar-refractivity contribution >= 4 is 15.9 Å². The molecule has 1 atom stereocenters. The Hall–Kier alpha value is -2.46. The Kier molecular flexibility index (Phi) is 4.06. The van der Waals surface area contributed by atoms with Crippen LogP contribution >= 0.6 is 0 Å². The largest absolute Gasteiger partial charge is 0.416 e. The maximum atomic E-state index is 13.0. The number of aromatic nitrogens is 1. The van der Waals surface area contributed by atoms with E-state index in [-0.39, 0.29) is 30.4 Å². The zero-order valence-corrected chi connectivity index (χ0v) is 15.6. The number of alkyl halides is 3. The molecule has 1 unspecified atom stereocenters. The molecule has 1 aromatic heterocycles. The smallest absolute Gasteiger partial charge is 0.325 e. The van der Waals surface area contributed by atoms with Crippen LogP contribution in [0.15, 0.2) is 47.5 Å². The van der Waals surface area contributed by atoms with Crippen molar-refractivity contribution in [1.82, 2.24) is 14.2 Å². The summed E-state index contributed by atoms with van der Waals surface area (Å²) in [6.07, 6.45) is -2.99. The number of nitrogens with zero attached hydrogens (tertiary/aromatic N) is 3. The molecule has 1 amide bonds. The van der Waals surface area contributed by atoms with E-state index in [1.54, 1.807) is 30.2 Å². The molecule has 148 valence electrons. The van der Waals surface area contributed by atoms with Gasteiger partial charge in [-0.25, -0.2) is 8.42 Å². The first-order valence-corrected chi connectivity index (χ1v) is 9.94. The van der Waals surface area contributed by atoms with E-state index in [1.807, 2.05) is 0 Å². The van der Waals surface area contributed by atoms with Gasteiger partial charge in [0.05, 0.1) is 27.3 Å². The highest BCUT2D eigenvalue weighted by atomic mass is 32.2. The van der Waals surface area contributed by atoms with Gasteiger partial charge in [-0.05, 0) is 43.3 Å². The lowest BCUT2D eigenvalue weighted by Gasteiger charge is -2.44. The van der Waals surface area contributed by atoms with Gasteiger partial charge in [-0.1, -0.05) is 0 Å². The van der Waals surface area contributed by atoms with E-state index in [0.717, 1.165) is 24.3 Å². The Morgan fingerprint density at radius 1 is 1.11 bits per heavy atom. The van der Waals surface area contributed by atoms with Gasteiger partial charge in [0.1, 0.15) is 0 Å². The number of pyridine rings is 1. The third kappa shape index (κ3) is 2.70. The quantitative estimate of drug-likeness (QED) is 0.761. The standard InChI is InChI=1S/C18H16F3N3O3S/c1-17-11-23(9-10-24(17)16(25)14-3-2-8-22-15(14)17)28(26,27)13-6-4-12(5-7-13)18(19,20)21/h2-8H,9-11H2,1H3. The number of piperazine rings is 1. The monoisotopic (exact) mass is 411 g/mol. The summed E-state index contributed by atoms with van der Waals surface area (Å²) < 4.78 is 65.4. The second-order valence-corrected chi connectivity index (χ2v) is 8.93. The number of carbonyl (C=O) groups excluding carboxylic acids is 1. The average Bonchev–Trinajstić information content (AvgIpc) is 2.88. The lowest BCUT2D eigenvalue weighted by molar-refractivity contribution is -0.137. The van der Waals surface area contributed by atoms with Crippen LogP contribution in [0.4, 0.5) is 13.2 Å². The number of fused-ring (bicyclic) bond motifs is 3. The van der Waals surface area contributed by atoms with Crippen LogP contribution < -0.4 is 0 Å². The SMILES string of the molecule is CC12CN(S(=O)(=O)c3ccc(C(F)(F)F)cc3)CCN1C(=O)c1cccnc12. The fourth-order valence-corrected chi connectivity index (χ4v) is 5.34. The van der Waals surface area contributed by atoms with Gasteiger partial charge in [0, 0.05) is 25.8 Å². The number of sulfonamides is 1. The molecule has 0 radical (unpaired) electrons. The molecule has 2 aliphatic heterocycles. The number of carbonyl (C=O) groups is 1. The first-order valence-electron chi connectivity index (χ1n) is 8.50. The van der Waals surface area contributed by atoms with Crippen LogP contribution in [0.2, 0.25) is 0 Å². The number of rotatable bonds is 2. The number of halogens is 3. The highest BCUT2D eigenvalue weighted by Gasteiger charge is 2.52. The number of hydrogen-bond acceptors (Lipinski definition) is 4. The normalized spacial score (nSPS) is 22.9. The summed E-state index contributed by atoms with van der Waals surface area (Å²) in [6, 6.07) is 6.72. The molecule has 6 nitrogen and oxygen atoms in total. The van der Waals surface area contributed by atoms with Crippen molar-refractivity contribution in [2.45, 2.75) is 23.5 Å². The first-order chi connectivity index (χ1) is 13.0. The minimum atomic E-state index is -4.54. The van der Waals surface area contributed by atoms with E-state index >= 15 is 0 Å². The molecule has 0 aliphatic carbocycles. The predicted molar refractivity (Wildman–Crippen MR) is 92.8 cm³/mol. The molecular weight excluding hydrogens is 395 g/mol. The molecule has 0 N–H and O–H groups in total. The summed E-state index contributed by atoms with van der Waals surface area (Å²) in [4.78, 5) is 18.3. The van der Waals surface area contributed by atoms with Gasteiger partial charge in [0.2, 0.25) is 10.0 Å². The topological polar surface area (TPSA) is 70.6 Å².